The zero-order valence-corrected chi connectivity index (χ0v) is 15.4. The maximum absolute atomic E-state index is 13.1. The number of aromatic nitrogens is 5. The lowest BCUT2D eigenvalue weighted by Crippen LogP contribution is -2.39. The molecule has 11 heteroatoms. The summed E-state index contributed by atoms with van der Waals surface area (Å²) in [4.78, 5) is 16.9. The Labute approximate surface area is 163 Å². The first-order chi connectivity index (χ1) is 13.9. The van der Waals surface area contributed by atoms with E-state index in [9.17, 15) is 18.0 Å². The summed E-state index contributed by atoms with van der Waals surface area (Å²) >= 11 is 0. The summed E-state index contributed by atoms with van der Waals surface area (Å²) in [6, 6.07) is 3.92. The fourth-order valence-corrected chi connectivity index (χ4v) is 4.02. The molecule has 0 saturated carbocycles. The zero-order valence-electron chi connectivity index (χ0n) is 15.4. The second-order valence-electron chi connectivity index (χ2n) is 7.28. The Kier molecular flexibility index (Phi) is 4.00. The molecule has 5 heterocycles. The molecule has 29 heavy (non-hydrogen) atoms. The molecule has 2 aliphatic rings. The van der Waals surface area contributed by atoms with Crippen LogP contribution in [0.25, 0.3) is 5.52 Å². The molecule has 152 valence electrons. The number of rotatable bonds is 2. The Balaban J connectivity index is 1.43. The summed E-state index contributed by atoms with van der Waals surface area (Å²) in [5.41, 5.74) is 2.15. The normalized spacial score (nSPS) is 17.2. The van der Waals surface area contributed by atoms with Crippen LogP contribution in [0.4, 0.5) is 18.9 Å². The van der Waals surface area contributed by atoms with E-state index in [0.29, 0.717) is 11.1 Å². The Bertz CT molecular complexity index is 1080. The summed E-state index contributed by atoms with van der Waals surface area (Å²) in [5.74, 6) is -1.17. The molecule has 0 atom stereocenters. The van der Waals surface area contributed by atoms with Gasteiger partial charge in [-0.05, 0) is 25.0 Å². The minimum atomic E-state index is -4.56. The van der Waals surface area contributed by atoms with Gasteiger partial charge >= 0.3 is 6.18 Å². The molecular formula is C18H18F3N7O. The van der Waals surface area contributed by atoms with Crippen LogP contribution in [0.1, 0.15) is 34.8 Å². The summed E-state index contributed by atoms with van der Waals surface area (Å²) in [7, 11) is 0. The summed E-state index contributed by atoms with van der Waals surface area (Å²) < 4.78 is 41.7. The SMILES string of the molecule is O=C(c1cnn2ccc(N3CCCC3)cc12)N1CCn2c(nnc2C(F)(F)F)C1. The van der Waals surface area contributed by atoms with Crippen LogP contribution >= 0.6 is 0 Å². The molecule has 8 nitrogen and oxygen atoms in total. The number of amides is 1. The van der Waals surface area contributed by atoms with E-state index in [2.05, 4.69) is 20.2 Å². The summed E-state index contributed by atoms with van der Waals surface area (Å²) in [5, 5.41) is 11.1. The van der Waals surface area contributed by atoms with Gasteiger partial charge in [0.1, 0.15) is 0 Å². The smallest absolute Gasteiger partial charge is 0.371 e. The molecule has 1 amide bonds. The van der Waals surface area contributed by atoms with Gasteiger partial charge in [-0.25, -0.2) is 4.52 Å². The van der Waals surface area contributed by atoms with E-state index < -0.39 is 12.0 Å². The molecule has 0 aliphatic carbocycles. The molecule has 1 saturated heterocycles. The predicted octanol–water partition coefficient (Wildman–Crippen LogP) is 2.20. The van der Waals surface area contributed by atoms with Crippen molar-refractivity contribution in [3.8, 4) is 0 Å². The van der Waals surface area contributed by atoms with Gasteiger partial charge in [-0.1, -0.05) is 0 Å². The van der Waals surface area contributed by atoms with Gasteiger partial charge in [-0.3, -0.25) is 4.79 Å². The number of alkyl halides is 3. The van der Waals surface area contributed by atoms with Crippen LogP contribution in [-0.4, -0.2) is 54.8 Å². The summed E-state index contributed by atoms with van der Waals surface area (Å²) in [6.07, 6.45) is 1.05. The molecule has 0 spiro atoms. The highest BCUT2D eigenvalue weighted by molar-refractivity contribution is 6.01. The van der Waals surface area contributed by atoms with E-state index in [0.717, 1.165) is 36.2 Å². The molecule has 0 unspecified atom stereocenters. The minimum Gasteiger partial charge on any atom is -0.371 e. The zero-order chi connectivity index (χ0) is 20.2. The number of anilines is 1. The standard InChI is InChI=1S/C18H18F3N7O/c19-18(20,21)17-24-23-15-11-26(7-8-27(15)17)16(29)13-10-22-28-6-3-12(9-14(13)28)25-4-1-2-5-25/h3,6,9-10H,1-2,4-5,7-8,11H2. The van der Waals surface area contributed by atoms with Crippen LogP contribution < -0.4 is 4.90 Å². The van der Waals surface area contributed by atoms with Gasteiger partial charge in [0.2, 0.25) is 5.82 Å². The predicted molar refractivity (Wildman–Crippen MR) is 96.4 cm³/mol. The van der Waals surface area contributed by atoms with Crippen molar-refractivity contribution in [3.05, 3.63) is 41.7 Å². The largest absolute Gasteiger partial charge is 0.451 e. The molecule has 3 aromatic heterocycles. The van der Waals surface area contributed by atoms with E-state index >= 15 is 0 Å². The molecule has 5 rings (SSSR count). The van der Waals surface area contributed by atoms with E-state index in [4.69, 9.17) is 0 Å². The second-order valence-corrected chi connectivity index (χ2v) is 7.28. The van der Waals surface area contributed by atoms with Crippen LogP contribution in [0.2, 0.25) is 0 Å². The van der Waals surface area contributed by atoms with Crippen LogP contribution in [0, 0.1) is 0 Å². The fraction of sp³-hybridized carbons (Fsp3) is 0.444. The van der Waals surface area contributed by atoms with Gasteiger partial charge < -0.3 is 14.4 Å². The highest BCUT2D eigenvalue weighted by Gasteiger charge is 2.40. The first-order valence-corrected chi connectivity index (χ1v) is 9.43. The fourth-order valence-electron chi connectivity index (χ4n) is 4.02. The molecule has 0 N–H and O–H groups in total. The van der Waals surface area contributed by atoms with Gasteiger partial charge in [0, 0.05) is 38.1 Å². The number of hydrogen-bond donors (Lipinski definition) is 0. The Hall–Kier alpha value is -3.11. The van der Waals surface area contributed by atoms with Gasteiger partial charge in [0.15, 0.2) is 5.82 Å². The minimum absolute atomic E-state index is 0.00115. The van der Waals surface area contributed by atoms with E-state index in [-0.39, 0.29) is 31.4 Å². The highest BCUT2D eigenvalue weighted by Crippen LogP contribution is 2.30. The monoisotopic (exact) mass is 405 g/mol. The maximum atomic E-state index is 13.1. The third-order valence-electron chi connectivity index (χ3n) is 5.50. The van der Waals surface area contributed by atoms with Gasteiger partial charge in [0.25, 0.3) is 5.91 Å². The average Bonchev–Trinajstić information content (AvgIpc) is 3.44. The van der Waals surface area contributed by atoms with Crippen LogP contribution in [0.5, 0.6) is 0 Å². The second kappa shape index (κ2) is 6.46. The Morgan fingerprint density at radius 3 is 2.62 bits per heavy atom. The van der Waals surface area contributed by atoms with E-state index in [1.165, 1.54) is 11.1 Å². The number of carbonyl (C=O) groups is 1. The maximum Gasteiger partial charge on any atom is 0.451 e. The molecule has 1 fully saturated rings. The molecule has 3 aromatic rings. The third kappa shape index (κ3) is 3.00. The molecule has 0 bridgehead atoms. The molecule has 0 radical (unpaired) electrons. The third-order valence-corrected chi connectivity index (χ3v) is 5.50. The van der Waals surface area contributed by atoms with Crippen LogP contribution in [-0.2, 0) is 19.3 Å². The van der Waals surface area contributed by atoms with Crippen molar-refractivity contribution in [1.29, 1.82) is 0 Å². The Morgan fingerprint density at radius 1 is 1.07 bits per heavy atom. The van der Waals surface area contributed by atoms with Crippen molar-refractivity contribution in [1.82, 2.24) is 29.3 Å². The summed E-state index contributed by atoms with van der Waals surface area (Å²) in [6.45, 7) is 2.09. The lowest BCUT2D eigenvalue weighted by molar-refractivity contribution is -0.147. The van der Waals surface area contributed by atoms with Crippen molar-refractivity contribution < 1.29 is 18.0 Å². The van der Waals surface area contributed by atoms with Gasteiger partial charge in [-0.2, -0.15) is 18.3 Å². The number of fused-ring (bicyclic) bond motifs is 2. The van der Waals surface area contributed by atoms with Crippen molar-refractivity contribution in [2.75, 3.05) is 24.5 Å². The quantitative estimate of drug-likeness (QED) is 0.654. The number of carbonyl (C=O) groups excluding carboxylic acids is 1. The van der Waals surface area contributed by atoms with Crippen molar-refractivity contribution in [2.24, 2.45) is 0 Å². The first-order valence-electron chi connectivity index (χ1n) is 9.43. The number of nitrogens with zero attached hydrogens (tertiary/aromatic N) is 7. The van der Waals surface area contributed by atoms with Gasteiger partial charge in [-0.15, -0.1) is 10.2 Å². The lowest BCUT2D eigenvalue weighted by atomic mass is 10.2. The van der Waals surface area contributed by atoms with E-state index in [1.54, 1.807) is 4.52 Å². The van der Waals surface area contributed by atoms with Crippen molar-refractivity contribution in [3.63, 3.8) is 0 Å². The number of pyridine rings is 1. The molecular weight excluding hydrogens is 387 g/mol. The number of hydrogen-bond acceptors (Lipinski definition) is 5. The van der Waals surface area contributed by atoms with Crippen LogP contribution in [0.15, 0.2) is 24.5 Å². The lowest BCUT2D eigenvalue weighted by Gasteiger charge is -2.27. The van der Waals surface area contributed by atoms with Gasteiger partial charge in [0.05, 0.1) is 23.8 Å². The highest BCUT2D eigenvalue weighted by atomic mass is 19.4. The number of halogens is 3. The first kappa shape index (κ1) is 18.0. The van der Waals surface area contributed by atoms with Crippen molar-refractivity contribution >= 4 is 17.1 Å². The topological polar surface area (TPSA) is 71.6 Å². The Morgan fingerprint density at radius 2 is 1.86 bits per heavy atom. The molecule has 2 aliphatic heterocycles. The van der Waals surface area contributed by atoms with E-state index in [1.807, 2.05) is 18.3 Å². The average molecular weight is 405 g/mol. The van der Waals surface area contributed by atoms with Crippen LogP contribution in [0.3, 0.4) is 0 Å². The molecule has 0 aromatic carbocycles. The van der Waals surface area contributed by atoms with Crippen molar-refractivity contribution in [2.45, 2.75) is 32.1 Å².